The van der Waals surface area contributed by atoms with Crippen LogP contribution in [0.5, 0.6) is 0 Å². The summed E-state index contributed by atoms with van der Waals surface area (Å²) in [6.07, 6.45) is 2.11. The molecule has 1 amide bonds. The number of carbonyl (C=O) groups excluding carboxylic acids is 1. The summed E-state index contributed by atoms with van der Waals surface area (Å²) < 4.78 is 0. The third kappa shape index (κ3) is 5.24. The van der Waals surface area contributed by atoms with Gasteiger partial charge in [0.25, 0.3) is 0 Å². The van der Waals surface area contributed by atoms with Crippen molar-refractivity contribution in [2.45, 2.75) is 40.5 Å². The lowest BCUT2D eigenvalue weighted by Gasteiger charge is -2.39. The highest BCUT2D eigenvalue weighted by Crippen LogP contribution is 2.21. The van der Waals surface area contributed by atoms with Crippen molar-refractivity contribution >= 4 is 5.91 Å². The molecule has 4 nitrogen and oxygen atoms in total. The Kier molecular flexibility index (Phi) is 6.69. The molecule has 0 aromatic rings. The van der Waals surface area contributed by atoms with Crippen molar-refractivity contribution in [1.29, 1.82) is 0 Å². The number of amides is 1. The number of piperazine rings is 1. The molecular weight excluding hydrogens is 274 g/mol. The van der Waals surface area contributed by atoms with Crippen LogP contribution in [-0.2, 0) is 4.79 Å². The summed E-state index contributed by atoms with van der Waals surface area (Å²) in [5.74, 6) is 2.14. The number of hydrogen-bond donors (Lipinski definition) is 0. The fourth-order valence-electron chi connectivity index (χ4n) is 3.80. The fraction of sp³-hybridized carbons (Fsp3) is 0.944. The number of carbonyl (C=O) groups is 1. The first-order chi connectivity index (χ1) is 10.5. The van der Waals surface area contributed by atoms with Gasteiger partial charge in [0.05, 0.1) is 0 Å². The van der Waals surface area contributed by atoms with Gasteiger partial charge in [-0.1, -0.05) is 27.7 Å². The van der Waals surface area contributed by atoms with Gasteiger partial charge < -0.3 is 9.80 Å². The maximum absolute atomic E-state index is 12.7. The maximum Gasteiger partial charge on any atom is 0.225 e. The first-order valence-electron chi connectivity index (χ1n) is 9.19. The van der Waals surface area contributed by atoms with E-state index in [2.05, 4.69) is 42.4 Å². The SMILES string of the molecule is CC(C)CN1CCC(C(=O)N2CCN(CC(C)C)CC2)CC1. The number of piperidine rings is 1. The van der Waals surface area contributed by atoms with E-state index in [0.29, 0.717) is 11.8 Å². The van der Waals surface area contributed by atoms with Crippen LogP contribution in [0.4, 0.5) is 0 Å². The molecule has 4 heteroatoms. The molecule has 0 aliphatic carbocycles. The third-order valence-electron chi connectivity index (χ3n) is 4.87. The Bertz CT molecular complexity index is 308. The Balaban J connectivity index is 1.72. The second-order valence-corrected chi connectivity index (χ2v) is 7.99. The minimum absolute atomic E-state index is 0.278. The Labute approximate surface area is 136 Å². The normalized spacial score (nSPS) is 22.7. The van der Waals surface area contributed by atoms with E-state index in [4.69, 9.17) is 0 Å². The summed E-state index contributed by atoms with van der Waals surface area (Å²) in [4.78, 5) is 19.8. The lowest BCUT2D eigenvalue weighted by atomic mass is 9.94. The highest BCUT2D eigenvalue weighted by molar-refractivity contribution is 5.79. The van der Waals surface area contributed by atoms with Crippen molar-refractivity contribution in [2.24, 2.45) is 17.8 Å². The van der Waals surface area contributed by atoms with Crippen molar-refractivity contribution in [2.75, 3.05) is 52.4 Å². The topological polar surface area (TPSA) is 26.8 Å². The minimum Gasteiger partial charge on any atom is -0.340 e. The molecule has 2 aliphatic rings. The van der Waals surface area contributed by atoms with E-state index in [0.717, 1.165) is 64.6 Å². The van der Waals surface area contributed by atoms with Crippen molar-refractivity contribution < 1.29 is 4.79 Å². The summed E-state index contributed by atoms with van der Waals surface area (Å²) in [6, 6.07) is 0. The largest absolute Gasteiger partial charge is 0.340 e. The molecule has 0 aromatic heterocycles. The second kappa shape index (κ2) is 8.30. The van der Waals surface area contributed by atoms with Gasteiger partial charge in [0.2, 0.25) is 5.91 Å². The van der Waals surface area contributed by atoms with Crippen LogP contribution in [-0.4, -0.2) is 73.0 Å². The number of nitrogens with zero attached hydrogens (tertiary/aromatic N) is 3. The van der Waals surface area contributed by atoms with Gasteiger partial charge in [-0.3, -0.25) is 9.69 Å². The zero-order valence-corrected chi connectivity index (χ0v) is 15.1. The smallest absolute Gasteiger partial charge is 0.225 e. The van der Waals surface area contributed by atoms with Crippen LogP contribution in [0.2, 0.25) is 0 Å². The Morgan fingerprint density at radius 1 is 0.818 bits per heavy atom. The van der Waals surface area contributed by atoms with Crippen molar-refractivity contribution in [3.63, 3.8) is 0 Å². The van der Waals surface area contributed by atoms with Crippen LogP contribution in [0.25, 0.3) is 0 Å². The van der Waals surface area contributed by atoms with Gasteiger partial charge in [0.1, 0.15) is 0 Å². The van der Waals surface area contributed by atoms with Gasteiger partial charge in [-0.2, -0.15) is 0 Å². The molecule has 0 atom stereocenters. The maximum atomic E-state index is 12.7. The highest BCUT2D eigenvalue weighted by Gasteiger charge is 2.30. The fourth-order valence-corrected chi connectivity index (χ4v) is 3.80. The molecule has 128 valence electrons. The van der Waals surface area contributed by atoms with E-state index in [-0.39, 0.29) is 5.92 Å². The van der Waals surface area contributed by atoms with Gasteiger partial charge in [-0.25, -0.2) is 0 Å². The molecule has 2 fully saturated rings. The summed E-state index contributed by atoms with van der Waals surface area (Å²) in [5.41, 5.74) is 0. The number of hydrogen-bond acceptors (Lipinski definition) is 3. The molecule has 0 aromatic carbocycles. The lowest BCUT2D eigenvalue weighted by molar-refractivity contribution is -0.139. The van der Waals surface area contributed by atoms with E-state index < -0.39 is 0 Å². The number of likely N-dealkylation sites (tertiary alicyclic amines) is 1. The standard InChI is InChI=1S/C18H35N3O/c1-15(2)13-19-7-5-17(6-8-19)18(22)21-11-9-20(10-12-21)14-16(3)4/h15-17H,5-14H2,1-4H3. The Morgan fingerprint density at radius 3 is 1.73 bits per heavy atom. The molecule has 0 radical (unpaired) electrons. The molecule has 2 aliphatic heterocycles. The minimum atomic E-state index is 0.278. The summed E-state index contributed by atoms with van der Waals surface area (Å²) in [7, 11) is 0. The molecule has 0 N–H and O–H groups in total. The van der Waals surface area contributed by atoms with Crippen LogP contribution in [0.3, 0.4) is 0 Å². The first-order valence-corrected chi connectivity index (χ1v) is 9.19. The van der Waals surface area contributed by atoms with E-state index in [9.17, 15) is 4.79 Å². The van der Waals surface area contributed by atoms with Gasteiger partial charge in [-0.05, 0) is 37.8 Å². The van der Waals surface area contributed by atoms with Crippen LogP contribution >= 0.6 is 0 Å². The average molecular weight is 309 g/mol. The third-order valence-corrected chi connectivity index (χ3v) is 4.87. The molecule has 2 saturated heterocycles. The zero-order valence-electron chi connectivity index (χ0n) is 15.1. The second-order valence-electron chi connectivity index (χ2n) is 7.99. The van der Waals surface area contributed by atoms with E-state index in [1.807, 2.05) is 0 Å². The molecule has 0 unspecified atom stereocenters. The van der Waals surface area contributed by atoms with E-state index >= 15 is 0 Å². The Morgan fingerprint density at radius 2 is 1.27 bits per heavy atom. The predicted molar refractivity (Wildman–Crippen MR) is 91.9 cm³/mol. The lowest BCUT2D eigenvalue weighted by Crippen LogP contribution is -2.52. The average Bonchev–Trinajstić information content (AvgIpc) is 2.47. The van der Waals surface area contributed by atoms with Crippen LogP contribution in [0.1, 0.15) is 40.5 Å². The van der Waals surface area contributed by atoms with Crippen LogP contribution in [0, 0.1) is 17.8 Å². The molecule has 0 spiro atoms. The number of rotatable bonds is 5. The van der Waals surface area contributed by atoms with Crippen molar-refractivity contribution in [1.82, 2.24) is 14.7 Å². The van der Waals surface area contributed by atoms with E-state index in [1.54, 1.807) is 0 Å². The van der Waals surface area contributed by atoms with Crippen molar-refractivity contribution in [3.05, 3.63) is 0 Å². The van der Waals surface area contributed by atoms with Crippen LogP contribution < -0.4 is 0 Å². The highest BCUT2D eigenvalue weighted by atomic mass is 16.2. The monoisotopic (exact) mass is 309 g/mol. The molecular formula is C18H35N3O. The quantitative estimate of drug-likeness (QED) is 0.778. The summed E-state index contributed by atoms with van der Waals surface area (Å²) >= 11 is 0. The first kappa shape index (κ1) is 17.7. The van der Waals surface area contributed by atoms with Gasteiger partial charge in [-0.15, -0.1) is 0 Å². The molecule has 2 heterocycles. The van der Waals surface area contributed by atoms with Gasteiger partial charge in [0, 0.05) is 45.2 Å². The summed E-state index contributed by atoms with van der Waals surface area (Å²) in [5, 5.41) is 0. The van der Waals surface area contributed by atoms with Gasteiger partial charge in [0.15, 0.2) is 0 Å². The molecule has 22 heavy (non-hydrogen) atoms. The summed E-state index contributed by atoms with van der Waals surface area (Å²) in [6.45, 7) is 17.6. The predicted octanol–water partition coefficient (Wildman–Crippen LogP) is 2.15. The molecule has 2 rings (SSSR count). The zero-order chi connectivity index (χ0) is 16.1. The van der Waals surface area contributed by atoms with Crippen LogP contribution in [0.15, 0.2) is 0 Å². The Hall–Kier alpha value is -0.610. The van der Waals surface area contributed by atoms with Crippen molar-refractivity contribution in [3.8, 4) is 0 Å². The van der Waals surface area contributed by atoms with Gasteiger partial charge >= 0.3 is 0 Å². The van der Waals surface area contributed by atoms with E-state index in [1.165, 1.54) is 6.54 Å². The molecule has 0 saturated carbocycles. The molecule has 0 bridgehead atoms.